The number of carbonyl (C=O) groups excluding carboxylic acids is 3. The van der Waals surface area contributed by atoms with Gasteiger partial charge in [0.05, 0.1) is 17.7 Å². The first-order chi connectivity index (χ1) is 15.3. The Morgan fingerprint density at radius 2 is 1.78 bits per heavy atom. The number of fused-ring (bicyclic) bond motifs is 1. The van der Waals surface area contributed by atoms with E-state index in [-0.39, 0.29) is 12.6 Å². The first-order valence-electron chi connectivity index (χ1n) is 10.2. The fraction of sp³-hybridized carbons (Fsp3) is 0.200. The molecule has 4 rings (SSSR count). The molecule has 1 saturated heterocycles. The number of carbonyl (C=O) groups is 3. The topological polar surface area (TPSA) is 102 Å². The lowest BCUT2D eigenvalue weighted by atomic mass is 9.91. The molecule has 32 heavy (non-hydrogen) atoms. The number of hydrogen-bond donors (Lipinski definition) is 2. The monoisotopic (exact) mass is 426 g/mol. The Morgan fingerprint density at radius 3 is 2.47 bits per heavy atom. The second-order valence-corrected chi connectivity index (χ2v) is 8.03. The summed E-state index contributed by atoms with van der Waals surface area (Å²) in [6.07, 6.45) is 0. The van der Waals surface area contributed by atoms with Crippen LogP contribution in [0.1, 0.15) is 36.6 Å². The van der Waals surface area contributed by atoms with Gasteiger partial charge in [-0.1, -0.05) is 48.5 Å². The van der Waals surface area contributed by atoms with Crippen LogP contribution in [0.2, 0.25) is 0 Å². The van der Waals surface area contributed by atoms with Gasteiger partial charge in [0.15, 0.2) is 0 Å². The number of urea groups is 1. The van der Waals surface area contributed by atoms with Crippen LogP contribution in [-0.4, -0.2) is 29.3 Å². The second kappa shape index (κ2) is 8.16. The van der Waals surface area contributed by atoms with Crippen LogP contribution >= 0.6 is 0 Å². The third-order valence-corrected chi connectivity index (χ3v) is 5.82. The number of hydrogen-bond acceptors (Lipinski definition) is 4. The predicted octanol–water partition coefficient (Wildman–Crippen LogP) is 3.36. The molecule has 1 aliphatic heterocycles. The maximum atomic E-state index is 13.0. The second-order valence-electron chi connectivity index (χ2n) is 8.03. The van der Waals surface area contributed by atoms with Crippen molar-refractivity contribution in [3.8, 4) is 6.07 Å². The van der Waals surface area contributed by atoms with E-state index in [1.54, 1.807) is 31.2 Å². The van der Waals surface area contributed by atoms with E-state index in [0.29, 0.717) is 11.1 Å². The highest BCUT2D eigenvalue weighted by Crippen LogP contribution is 2.29. The third-order valence-electron chi connectivity index (χ3n) is 5.82. The highest BCUT2D eigenvalue weighted by molar-refractivity contribution is 6.09. The van der Waals surface area contributed by atoms with Crippen LogP contribution in [0, 0.1) is 11.3 Å². The lowest BCUT2D eigenvalue weighted by Gasteiger charge is -2.22. The van der Waals surface area contributed by atoms with Gasteiger partial charge in [0, 0.05) is 0 Å². The average Bonchev–Trinajstić information content (AvgIpc) is 3.02. The smallest absolute Gasteiger partial charge is 0.325 e. The average molecular weight is 426 g/mol. The summed E-state index contributed by atoms with van der Waals surface area (Å²) < 4.78 is 0. The summed E-state index contributed by atoms with van der Waals surface area (Å²) in [4.78, 5) is 39.1. The Bertz CT molecular complexity index is 1260. The maximum Gasteiger partial charge on any atom is 0.325 e. The molecule has 7 nitrogen and oxygen atoms in total. The zero-order valence-electron chi connectivity index (χ0n) is 17.8. The number of nitriles is 1. The molecular formula is C25H22N4O3. The SMILES string of the molecule is CC(NC(=O)CN1C(=O)NC(C)(c2ccc(C#N)cc2)C1=O)c1ccc2ccccc2c1. The highest BCUT2D eigenvalue weighted by Gasteiger charge is 2.49. The van der Waals surface area contributed by atoms with Gasteiger partial charge in [-0.2, -0.15) is 5.26 Å². The fourth-order valence-corrected chi connectivity index (χ4v) is 3.91. The van der Waals surface area contributed by atoms with Gasteiger partial charge >= 0.3 is 6.03 Å². The van der Waals surface area contributed by atoms with Crippen molar-refractivity contribution in [2.24, 2.45) is 0 Å². The maximum absolute atomic E-state index is 13.0. The Hall–Kier alpha value is -4.18. The standard InChI is InChI=1S/C25H22N4O3/c1-16(19-10-9-18-5-3-4-6-20(18)13-19)27-22(30)15-29-23(31)25(2,28-24(29)32)21-11-7-17(14-26)8-12-21/h3-13,16H,15H2,1-2H3,(H,27,30)(H,28,32). The van der Waals surface area contributed by atoms with Crippen LogP contribution in [0.3, 0.4) is 0 Å². The molecular weight excluding hydrogens is 404 g/mol. The summed E-state index contributed by atoms with van der Waals surface area (Å²) in [6, 6.07) is 21.4. The van der Waals surface area contributed by atoms with Crippen molar-refractivity contribution < 1.29 is 14.4 Å². The van der Waals surface area contributed by atoms with Crippen LogP contribution in [0.15, 0.2) is 66.7 Å². The van der Waals surface area contributed by atoms with Gasteiger partial charge in [0.2, 0.25) is 5.91 Å². The van der Waals surface area contributed by atoms with E-state index in [4.69, 9.17) is 5.26 Å². The number of benzene rings is 3. The Labute approximate surface area is 185 Å². The van der Waals surface area contributed by atoms with Crippen molar-refractivity contribution in [2.45, 2.75) is 25.4 Å². The molecule has 0 spiro atoms. The molecule has 3 aromatic rings. The number of imide groups is 1. The summed E-state index contributed by atoms with van der Waals surface area (Å²) in [7, 11) is 0. The van der Waals surface area contributed by atoms with E-state index < -0.39 is 23.4 Å². The van der Waals surface area contributed by atoms with Crippen LogP contribution in [0.5, 0.6) is 0 Å². The normalized spacial score (nSPS) is 18.8. The molecule has 1 fully saturated rings. The molecule has 2 N–H and O–H groups in total. The van der Waals surface area contributed by atoms with E-state index in [2.05, 4.69) is 10.6 Å². The van der Waals surface area contributed by atoms with Crippen LogP contribution in [0.25, 0.3) is 10.8 Å². The van der Waals surface area contributed by atoms with Gasteiger partial charge in [-0.25, -0.2) is 4.79 Å². The summed E-state index contributed by atoms with van der Waals surface area (Å²) in [5.74, 6) is -0.945. The molecule has 1 aliphatic rings. The van der Waals surface area contributed by atoms with Gasteiger partial charge in [-0.3, -0.25) is 14.5 Å². The lowest BCUT2D eigenvalue weighted by molar-refractivity contribution is -0.135. The van der Waals surface area contributed by atoms with Crippen LogP contribution in [0.4, 0.5) is 4.79 Å². The minimum absolute atomic E-state index is 0.294. The summed E-state index contributed by atoms with van der Waals surface area (Å²) in [5.41, 5.74) is 0.627. The molecule has 0 aromatic heterocycles. The minimum Gasteiger partial charge on any atom is -0.348 e. The molecule has 2 unspecified atom stereocenters. The Morgan fingerprint density at radius 1 is 1.09 bits per heavy atom. The molecule has 0 saturated carbocycles. The van der Waals surface area contributed by atoms with E-state index in [1.807, 2.05) is 55.5 Å². The van der Waals surface area contributed by atoms with Gasteiger partial charge in [-0.05, 0) is 53.9 Å². The summed E-state index contributed by atoms with van der Waals surface area (Å²) in [6.45, 7) is 3.06. The Balaban J connectivity index is 1.45. The van der Waals surface area contributed by atoms with Crippen molar-refractivity contribution in [1.82, 2.24) is 15.5 Å². The minimum atomic E-state index is -1.30. The summed E-state index contributed by atoms with van der Waals surface area (Å²) >= 11 is 0. The van der Waals surface area contributed by atoms with Crippen molar-refractivity contribution in [3.63, 3.8) is 0 Å². The lowest BCUT2D eigenvalue weighted by Crippen LogP contribution is -2.43. The van der Waals surface area contributed by atoms with E-state index in [0.717, 1.165) is 21.2 Å². The van der Waals surface area contributed by atoms with Gasteiger partial charge in [-0.15, -0.1) is 0 Å². The molecule has 2 atom stereocenters. The number of amides is 4. The molecule has 0 aliphatic carbocycles. The molecule has 0 radical (unpaired) electrons. The van der Waals surface area contributed by atoms with E-state index in [1.165, 1.54) is 0 Å². The summed E-state index contributed by atoms with van der Waals surface area (Å²) in [5, 5.41) is 16.7. The first-order valence-corrected chi connectivity index (χ1v) is 10.2. The third kappa shape index (κ3) is 3.79. The van der Waals surface area contributed by atoms with Gasteiger partial charge in [0.25, 0.3) is 5.91 Å². The van der Waals surface area contributed by atoms with Crippen molar-refractivity contribution in [3.05, 3.63) is 83.4 Å². The number of rotatable bonds is 5. The molecule has 4 amide bonds. The van der Waals surface area contributed by atoms with Gasteiger partial charge in [0.1, 0.15) is 12.1 Å². The molecule has 160 valence electrons. The van der Waals surface area contributed by atoms with Crippen molar-refractivity contribution in [1.29, 1.82) is 5.26 Å². The predicted molar refractivity (Wildman–Crippen MR) is 119 cm³/mol. The zero-order chi connectivity index (χ0) is 22.9. The van der Waals surface area contributed by atoms with E-state index >= 15 is 0 Å². The number of nitrogens with zero attached hydrogens (tertiary/aromatic N) is 2. The van der Waals surface area contributed by atoms with Gasteiger partial charge < -0.3 is 10.6 Å². The first kappa shape index (κ1) is 21.1. The van der Waals surface area contributed by atoms with E-state index in [9.17, 15) is 14.4 Å². The molecule has 1 heterocycles. The largest absolute Gasteiger partial charge is 0.348 e. The Kier molecular flexibility index (Phi) is 5.37. The molecule has 7 heteroatoms. The zero-order valence-corrected chi connectivity index (χ0v) is 17.8. The quantitative estimate of drug-likeness (QED) is 0.611. The van der Waals surface area contributed by atoms with Crippen molar-refractivity contribution >= 4 is 28.6 Å². The molecule has 0 bridgehead atoms. The fourth-order valence-electron chi connectivity index (χ4n) is 3.91. The van der Waals surface area contributed by atoms with Crippen molar-refractivity contribution in [2.75, 3.05) is 6.54 Å². The molecule has 3 aromatic carbocycles. The highest BCUT2D eigenvalue weighted by atomic mass is 16.2. The number of nitrogens with one attached hydrogen (secondary N) is 2. The van der Waals surface area contributed by atoms with Crippen LogP contribution < -0.4 is 10.6 Å². The van der Waals surface area contributed by atoms with Crippen LogP contribution in [-0.2, 0) is 15.1 Å².